The molecule has 1 aliphatic carbocycles. The standard InChI is InChI=1S/C53H73N7O9.C11H18N4OS/c1-5-9-42(6-2)38-56-53(63)52(45-15-21-48(64-4)22-16-45)60(40-44-10-11-44)51(62)25-14-43-12-19-49(20-13-43)68-30-8-7-28-59(3)29-33-67-35-34-65-31-26-47(58-54)39-55-27-32-66-36-37-69-50-23-17-46(18-24-50)57-41-61;1-12-11-13-9(8-17-11)7-10(16)15-5-3-14(2)4-6-15/h5-6,9,12-13,15-24,39,41,44,52H,1-2,7-8,10-11,14,25-38,40,54H2,3-4H3,(H,56,63)(H,57,61);8H,3-7H2,1-2H3,(H,12,13)/b42-9+,55-39?,58-47-;. The lowest BCUT2D eigenvalue weighted by molar-refractivity contribution is -0.141. The number of ether oxygens (including phenoxy) is 6. The minimum absolute atomic E-state index is 0.0637. The zero-order valence-corrected chi connectivity index (χ0v) is 51.7. The molecule has 0 radical (unpaired) electrons. The van der Waals surface area contributed by atoms with Gasteiger partial charge >= 0.3 is 0 Å². The van der Waals surface area contributed by atoms with E-state index in [-0.39, 0.29) is 30.7 Å². The summed E-state index contributed by atoms with van der Waals surface area (Å²) in [7, 11) is 7.61. The van der Waals surface area contributed by atoms with Crippen molar-refractivity contribution in [1.29, 1.82) is 0 Å². The summed E-state index contributed by atoms with van der Waals surface area (Å²) in [6, 6.07) is 21.6. The maximum absolute atomic E-state index is 14.0. The SMILES string of the molecule is C=C/C=C(\C=C)CNC(=O)C(c1ccc(OC)cc1)N(CC1CC1)C(=O)CCc1ccc(OCCCCN(C)CCOCCOCC/C(C=NCCOCCOc2ccc(NC=O)cc2)=N/N)cc1.CNc1nc(CC(=O)N2CCN(C)CC2)cs1. The number of thiazole rings is 1. The van der Waals surface area contributed by atoms with E-state index in [0.717, 1.165) is 98.2 Å². The summed E-state index contributed by atoms with van der Waals surface area (Å²) in [6.45, 7) is 18.1. The van der Waals surface area contributed by atoms with Crippen molar-refractivity contribution in [2.45, 2.75) is 57.4 Å². The molecule has 1 saturated carbocycles. The van der Waals surface area contributed by atoms with Crippen LogP contribution in [0.25, 0.3) is 0 Å². The van der Waals surface area contributed by atoms with E-state index in [2.05, 4.69) is 68.1 Å². The number of benzene rings is 3. The highest BCUT2D eigenvalue weighted by Crippen LogP contribution is 2.34. The summed E-state index contributed by atoms with van der Waals surface area (Å²) in [5, 5.41) is 15.2. The first kappa shape index (κ1) is 69.3. The van der Waals surface area contributed by atoms with E-state index in [0.29, 0.717) is 120 Å². The van der Waals surface area contributed by atoms with E-state index in [1.54, 1.807) is 60.7 Å². The van der Waals surface area contributed by atoms with Crippen LogP contribution in [0.15, 0.2) is 125 Å². The van der Waals surface area contributed by atoms with E-state index >= 15 is 0 Å². The van der Waals surface area contributed by atoms with E-state index in [1.807, 2.05) is 65.9 Å². The number of anilines is 2. The number of amides is 4. The van der Waals surface area contributed by atoms with Crippen molar-refractivity contribution in [3.05, 3.63) is 132 Å². The van der Waals surface area contributed by atoms with Crippen LogP contribution in [0.2, 0.25) is 0 Å². The summed E-state index contributed by atoms with van der Waals surface area (Å²) in [4.78, 5) is 67.2. The third-order valence-corrected chi connectivity index (χ3v) is 15.0. The number of unbranched alkanes of at least 4 members (excludes halogenated alkanes) is 1. The highest BCUT2D eigenvalue weighted by atomic mass is 32.1. The smallest absolute Gasteiger partial charge is 0.247 e. The highest BCUT2D eigenvalue weighted by molar-refractivity contribution is 7.13. The van der Waals surface area contributed by atoms with Crippen molar-refractivity contribution in [2.75, 3.05) is 151 Å². The maximum atomic E-state index is 14.0. The van der Waals surface area contributed by atoms with Crippen LogP contribution in [0.1, 0.15) is 61.4 Å². The first-order valence-electron chi connectivity index (χ1n) is 29.5. The first-order valence-corrected chi connectivity index (χ1v) is 30.4. The van der Waals surface area contributed by atoms with Crippen LogP contribution in [0.4, 0.5) is 10.8 Å². The van der Waals surface area contributed by atoms with Crippen LogP contribution in [0.5, 0.6) is 17.2 Å². The number of methoxy groups -OCH3 is 1. The molecule has 1 aromatic heterocycles. The molecule has 1 saturated heterocycles. The average molecular weight is 1210 g/mol. The molecule has 3 aromatic carbocycles. The quantitative estimate of drug-likeness (QED) is 0.00867. The number of hydrogen-bond acceptors (Lipinski definition) is 18. The number of carbonyl (C=O) groups excluding carboxylic acids is 4. The number of allylic oxidation sites excluding steroid dienone is 2. The Morgan fingerprint density at radius 3 is 2.16 bits per heavy atom. The fourth-order valence-electron chi connectivity index (χ4n) is 8.79. The predicted octanol–water partition coefficient (Wildman–Crippen LogP) is 7.09. The van der Waals surface area contributed by atoms with Gasteiger partial charge in [0, 0.05) is 83.0 Å². The Morgan fingerprint density at radius 1 is 0.837 bits per heavy atom. The third kappa shape index (κ3) is 27.3. The minimum atomic E-state index is -0.784. The number of nitrogens with zero attached hydrogens (tertiary/aromatic N) is 7. The fourth-order valence-corrected chi connectivity index (χ4v) is 9.46. The number of rotatable bonds is 41. The van der Waals surface area contributed by atoms with Gasteiger partial charge in [-0.15, -0.1) is 11.3 Å². The van der Waals surface area contributed by atoms with Gasteiger partial charge in [-0.1, -0.05) is 55.7 Å². The van der Waals surface area contributed by atoms with Crippen molar-refractivity contribution in [3.63, 3.8) is 0 Å². The Hall–Kier alpha value is -7.47. The van der Waals surface area contributed by atoms with Crippen molar-refractivity contribution < 1.29 is 47.6 Å². The summed E-state index contributed by atoms with van der Waals surface area (Å²) < 4.78 is 34.0. The lowest BCUT2D eigenvalue weighted by atomic mass is 10.0. The molecule has 2 heterocycles. The normalized spacial score (nSPS) is 14.0. The number of hydrazone groups is 1. The molecular formula is C64H91N11O10S. The second kappa shape index (κ2) is 40.8. The van der Waals surface area contributed by atoms with Crippen LogP contribution in [-0.4, -0.2) is 201 Å². The van der Waals surface area contributed by atoms with Crippen molar-refractivity contribution in [3.8, 4) is 17.2 Å². The first-order chi connectivity index (χ1) is 41.9. The maximum Gasteiger partial charge on any atom is 0.247 e. The third-order valence-electron chi connectivity index (χ3n) is 14.1. The summed E-state index contributed by atoms with van der Waals surface area (Å²) in [5.41, 5.74) is 4.79. The van der Waals surface area contributed by atoms with Gasteiger partial charge < -0.3 is 69.8 Å². The topological polar surface area (TPSA) is 236 Å². The van der Waals surface area contributed by atoms with E-state index < -0.39 is 6.04 Å². The van der Waals surface area contributed by atoms with Gasteiger partial charge in [-0.2, -0.15) is 5.10 Å². The van der Waals surface area contributed by atoms with Crippen LogP contribution in [-0.2, 0) is 46.2 Å². The molecule has 6 rings (SSSR count). The van der Waals surface area contributed by atoms with E-state index in [1.165, 1.54) is 11.3 Å². The number of aryl methyl sites for hydroxylation is 1. The molecule has 1 aliphatic heterocycles. The van der Waals surface area contributed by atoms with Gasteiger partial charge in [-0.3, -0.25) is 24.2 Å². The Labute approximate surface area is 512 Å². The molecule has 22 heteroatoms. The number of likely N-dealkylation sites (N-methyl/N-ethyl adjacent to an activating group) is 2. The molecule has 21 nitrogen and oxygen atoms in total. The monoisotopic (exact) mass is 1210 g/mol. The number of piperazine rings is 1. The molecule has 0 spiro atoms. The zero-order chi connectivity index (χ0) is 61.6. The van der Waals surface area contributed by atoms with Crippen molar-refractivity contribution in [1.82, 2.24) is 29.9 Å². The Kier molecular flexibility index (Phi) is 32.9. The number of carbonyl (C=O) groups is 4. The number of aromatic nitrogens is 1. The van der Waals surface area contributed by atoms with E-state index in [4.69, 9.17) is 34.3 Å². The molecule has 2 aliphatic rings. The Morgan fingerprint density at radius 2 is 1.51 bits per heavy atom. The number of nitrogens with two attached hydrogens (primary N) is 1. The molecule has 468 valence electrons. The molecule has 0 bridgehead atoms. The van der Waals surface area contributed by atoms with Crippen LogP contribution in [0.3, 0.4) is 0 Å². The van der Waals surface area contributed by atoms with Gasteiger partial charge in [0.15, 0.2) is 5.13 Å². The van der Waals surface area contributed by atoms with Gasteiger partial charge in [0.2, 0.25) is 24.1 Å². The molecule has 4 amide bonds. The predicted molar refractivity (Wildman–Crippen MR) is 342 cm³/mol. The zero-order valence-electron chi connectivity index (χ0n) is 50.8. The summed E-state index contributed by atoms with van der Waals surface area (Å²) >= 11 is 1.54. The molecule has 1 unspecified atom stereocenters. The van der Waals surface area contributed by atoms with Crippen LogP contribution < -0.4 is 36.0 Å². The Balaban J connectivity index is 0.000000674. The highest BCUT2D eigenvalue weighted by Gasteiger charge is 2.35. The van der Waals surface area contributed by atoms with Crippen molar-refractivity contribution in [2.24, 2.45) is 21.9 Å². The molecule has 5 N–H and O–H groups in total. The fraction of sp³-hybridized carbons (Fsp3) is 0.484. The molecule has 86 heavy (non-hydrogen) atoms. The number of aliphatic imine (C=N–C) groups is 1. The number of hydrogen-bond donors (Lipinski definition) is 4. The molecular weight excluding hydrogens is 1110 g/mol. The number of nitrogens with one attached hydrogen (secondary N) is 3. The summed E-state index contributed by atoms with van der Waals surface area (Å²) in [6.07, 6.45) is 13.2. The Bertz CT molecular complexity index is 2710. The van der Waals surface area contributed by atoms with Crippen molar-refractivity contribution >= 4 is 58.2 Å². The second-order valence-corrected chi connectivity index (χ2v) is 21.6. The van der Waals surface area contributed by atoms with Crippen LogP contribution >= 0.6 is 11.3 Å². The van der Waals surface area contributed by atoms with Crippen LogP contribution in [0, 0.1) is 5.92 Å². The molecule has 1 atom stereocenters. The summed E-state index contributed by atoms with van der Waals surface area (Å²) in [5.74, 6) is 7.95. The van der Waals surface area contributed by atoms with Gasteiger partial charge in [0.25, 0.3) is 0 Å². The molecule has 2 fully saturated rings. The second-order valence-electron chi connectivity index (χ2n) is 20.7. The lowest BCUT2D eigenvalue weighted by Gasteiger charge is -2.32. The van der Waals surface area contributed by atoms with Gasteiger partial charge in [0.05, 0.1) is 77.7 Å². The van der Waals surface area contributed by atoms with Gasteiger partial charge in [-0.05, 0) is 124 Å². The lowest BCUT2D eigenvalue weighted by Crippen LogP contribution is -2.47. The largest absolute Gasteiger partial charge is 0.497 e. The minimum Gasteiger partial charge on any atom is -0.497 e. The van der Waals surface area contributed by atoms with Gasteiger partial charge in [0.1, 0.15) is 29.9 Å². The van der Waals surface area contributed by atoms with Gasteiger partial charge in [-0.25, -0.2) is 4.98 Å². The molecule has 4 aromatic rings. The van der Waals surface area contributed by atoms with E-state index in [9.17, 15) is 19.2 Å². The average Bonchev–Trinajstić information content (AvgIpc) is 4.38.